The van der Waals surface area contributed by atoms with E-state index in [0.717, 1.165) is 10.0 Å². The molecule has 2 aromatic rings. The van der Waals surface area contributed by atoms with E-state index in [9.17, 15) is 4.79 Å². The molecule has 0 atom stereocenters. The predicted molar refractivity (Wildman–Crippen MR) is 75.2 cm³/mol. The van der Waals surface area contributed by atoms with Gasteiger partial charge in [0.25, 0.3) is 0 Å². The highest BCUT2D eigenvalue weighted by molar-refractivity contribution is 9.10. The zero-order valence-corrected chi connectivity index (χ0v) is 12.7. The molecule has 0 aliphatic rings. The van der Waals surface area contributed by atoms with Gasteiger partial charge in [-0.3, -0.25) is 4.79 Å². The average molecular weight is 339 g/mol. The van der Waals surface area contributed by atoms with Crippen molar-refractivity contribution in [3.8, 4) is 0 Å². The molecular formula is C15H13BrClNO. The summed E-state index contributed by atoms with van der Waals surface area (Å²) in [6, 6.07) is 11.3. The third kappa shape index (κ3) is 4.62. The second-order valence-electron chi connectivity index (χ2n) is 4.02. The maximum Gasteiger partial charge on any atom is 0.191 e. The molecule has 0 spiro atoms. The van der Waals surface area contributed by atoms with E-state index < -0.39 is 0 Å². The molecule has 0 aliphatic carbocycles. The first-order chi connectivity index (χ1) is 8.65. The van der Waals surface area contributed by atoms with Crippen LogP contribution >= 0.6 is 15.9 Å². The van der Waals surface area contributed by atoms with Gasteiger partial charge in [-0.1, -0.05) is 15.9 Å². The Morgan fingerprint density at radius 1 is 1.21 bits per heavy atom. The summed E-state index contributed by atoms with van der Waals surface area (Å²) in [6.07, 6.45) is 7.20. The van der Waals surface area contributed by atoms with E-state index in [1.54, 1.807) is 24.4 Å². The van der Waals surface area contributed by atoms with Crippen LogP contribution in [0.4, 0.5) is 0 Å². The summed E-state index contributed by atoms with van der Waals surface area (Å²) in [5.41, 5.74) is 1.83. The smallest absolute Gasteiger partial charge is 0.191 e. The second kappa shape index (κ2) is 7.22. The molecule has 0 saturated carbocycles. The van der Waals surface area contributed by atoms with Gasteiger partial charge in [0, 0.05) is 21.7 Å². The van der Waals surface area contributed by atoms with Gasteiger partial charge in [0.05, 0.1) is 6.08 Å². The Labute approximate surface area is 127 Å². The van der Waals surface area contributed by atoms with Gasteiger partial charge >= 0.3 is 0 Å². The van der Waals surface area contributed by atoms with Gasteiger partial charge in [-0.05, 0) is 37.3 Å². The normalized spacial score (nSPS) is 10.2. The SMILES string of the molecule is Cc1ccc[n+](/C=C/C(=O)c2ccc(Br)cc2)c1.[Cl-]. The van der Waals surface area contributed by atoms with Crippen molar-refractivity contribution in [1.82, 2.24) is 0 Å². The first-order valence-electron chi connectivity index (χ1n) is 5.61. The molecule has 0 fully saturated rings. The summed E-state index contributed by atoms with van der Waals surface area (Å²) >= 11 is 3.34. The molecule has 0 N–H and O–H groups in total. The summed E-state index contributed by atoms with van der Waals surface area (Å²) in [5.74, 6) is -0.00324. The fourth-order valence-corrected chi connectivity index (χ4v) is 1.84. The van der Waals surface area contributed by atoms with E-state index in [1.807, 2.05) is 48.1 Å². The molecule has 0 bridgehead atoms. The van der Waals surface area contributed by atoms with Crippen molar-refractivity contribution >= 4 is 27.9 Å². The van der Waals surface area contributed by atoms with Gasteiger partial charge in [-0.2, -0.15) is 4.57 Å². The number of halogens is 2. The Kier molecular flexibility index (Phi) is 5.93. The molecule has 0 unspecified atom stereocenters. The van der Waals surface area contributed by atoms with E-state index in [1.165, 1.54) is 0 Å². The van der Waals surface area contributed by atoms with Crippen molar-refractivity contribution in [2.45, 2.75) is 6.92 Å². The Bertz CT molecular complexity index is 593. The van der Waals surface area contributed by atoms with Crippen LogP contribution in [0.3, 0.4) is 0 Å². The molecule has 98 valence electrons. The molecule has 0 saturated heterocycles. The molecular weight excluding hydrogens is 326 g/mol. The predicted octanol–water partition coefficient (Wildman–Crippen LogP) is 0.403. The molecule has 19 heavy (non-hydrogen) atoms. The van der Waals surface area contributed by atoms with Crippen LogP contribution in [-0.2, 0) is 0 Å². The molecule has 1 heterocycles. The summed E-state index contributed by atoms with van der Waals surface area (Å²) in [7, 11) is 0. The van der Waals surface area contributed by atoms with Crippen LogP contribution in [0, 0.1) is 6.92 Å². The Morgan fingerprint density at radius 3 is 2.53 bits per heavy atom. The van der Waals surface area contributed by atoms with E-state index in [0.29, 0.717) is 5.56 Å². The zero-order valence-electron chi connectivity index (χ0n) is 10.4. The first kappa shape index (κ1) is 15.6. The topological polar surface area (TPSA) is 20.9 Å². The summed E-state index contributed by atoms with van der Waals surface area (Å²) in [5, 5.41) is 0. The van der Waals surface area contributed by atoms with Crippen LogP contribution in [0.1, 0.15) is 15.9 Å². The molecule has 0 aliphatic heterocycles. The molecule has 2 nitrogen and oxygen atoms in total. The maximum atomic E-state index is 11.9. The summed E-state index contributed by atoms with van der Waals surface area (Å²) in [6.45, 7) is 2.01. The molecule has 1 aromatic heterocycles. The number of nitrogens with zero attached hydrogens (tertiary/aromatic N) is 1. The van der Waals surface area contributed by atoms with E-state index in [-0.39, 0.29) is 18.2 Å². The second-order valence-corrected chi connectivity index (χ2v) is 4.93. The number of benzene rings is 1. The monoisotopic (exact) mass is 337 g/mol. The van der Waals surface area contributed by atoms with Gasteiger partial charge in [-0.25, -0.2) is 0 Å². The zero-order chi connectivity index (χ0) is 13.0. The minimum Gasteiger partial charge on any atom is -1.00 e. The van der Waals surface area contributed by atoms with Crippen molar-refractivity contribution in [3.63, 3.8) is 0 Å². The number of carbonyl (C=O) groups is 1. The molecule has 4 heteroatoms. The highest BCUT2D eigenvalue weighted by Gasteiger charge is 2.03. The van der Waals surface area contributed by atoms with Crippen molar-refractivity contribution < 1.29 is 21.8 Å². The van der Waals surface area contributed by atoms with Crippen LogP contribution in [0.5, 0.6) is 0 Å². The van der Waals surface area contributed by atoms with Crippen molar-refractivity contribution in [3.05, 3.63) is 70.5 Å². The Morgan fingerprint density at radius 2 is 1.89 bits per heavy atom. The van der Waals surface area contributed by atoms with E-state index >= 15 is 0 Å². The third-order valence-electron chi connectivity index (χ3n) is 2.50. The summed E-state index contributed by atoms with van der Waals surface area (Å²) < 4.78 is 2.84. The molecule has 0 amide bonds. The molecule has 1 aromatic carbocycles. The number of ketones is 1. The third-order valence-corrected chi connectivity index (χ3v) is 3.03. The van der Waals surface area contributed by atoms with Crippen LogP contribution in [-0.4, -0.2) is 5.78 Å². The number of aryl methyl sites for hydroxylation is 1. The number of rotatable bonds is 3. The largest absolute Gasteiger partial charge is 1.00 e. The first-order valence-corrected chi connectivity index (χ1v) is 6.40. The maximum absolute atomic E-state index is 11.9. The van der Waals surface area contributed by atoms with E-state index in [2.05, 4.69) is 15.9 Å². The van der Waals surface area contributed by atoms with Crippen molar-refractivity contribution in [2.24, 2.45) is 0 Å². The van der Waals surface area contributed by atoms with Gasteiger partial charge in [-0.15, -0.1) is 0 Å². The standard InChI is InChI=1S/C15H13BrNO.ClH/c1-12-3-2-9-17(11-12)10-8-15(18)13-4-6-14(16)7-5-13;/h2-11H,1H3;1H/q+1;/p-1/b10-8+;. The fourth-order valence-electron chi connectivity index (χ4n) is 1.57. The van der Waals surface area contributed by atoms with Crippen LogP contribution in [0.15, 0.2) is 59.3 Å². The number of hydrogen-bond acceptors (Lipinski definition) is 1. The number of carbonyl (C=O) groups excluding carboxylic acids is 1. The lowest BCUT2D eigenvalue weighted by molar-refractivity contribution is -0.568. The number of aromatic nitrogens is 1. The molecule has 2 rings (SSSR count). The minimum atomic E-state index is -0.00324. The number of allylic oxidation sites excluding steroid dienone is 1. The van der Waals surface area contributed by atoms with Gasteiger partial charge in [0.2, 0.25) is 0 Å². The quantitative estimate of drug-likeness (QED) is 0.451. The van der Waals surface area contributed by atoms with Crippen LogP contribution in [0.25, 0.3) is 6.20 Å². The lowest BCUT2D eigenvalue weighted by atomic mass is 10.1. The van der Waals surface area contributed by atoms with Gasteiger partial charge < -0.3 is 12.4 Å². The van der Waals surface area contributed by atoms with Crippen molar-refractivity contribution in [1.29, 1.82) is 0 Å². The highest BCUT2D eigenvalue weighted by atomic mass is 79.9. The minimum absolute atomic E-state index is 0. The van der Waals surface area contributed by atoms with Crippen molar-refractivity contribution in [2.75, 3.05) is 0 Å². The number of hydrogen-bond donors (Lipinski definition) is 0. The van der Waals surface area contributed by atoms with Gasteiger partial charge in [0.1, 0.15) is 0 Å². The molecule has 0 radical (unpaired) electrons. The summed E-state index contributed by atoms with van der Waals surface area (Å²) in [4.78, 5) is 11.9. The fraction of sp³-hybridized carbons (Fsp3) is 0.0667. The average Bonchev–Trinajstić information content (AvgIpc) is 2.37. The van der Waals surface area contributed by atoms with E-state index in [4.69, 9.17) is 0 Å². The van der Waals surface area contributed by atoms with Crippen LogP contribution < -0.4 is 17.0 Å². The lowest BCUT2D eigenvalue weighted by Crippen LogP contribution is -3.00. The number of pyridine rings is 1. The lowest BCUT2D eigenvalue weighted by Gasteiger charge is -1.95. The Hall–Kier alpha value is -1.45. The highest BCUT2D eigenvalue weighted by Crippen LogP contribution is 2.11. The van der Waals surface area contributed by atoms with Gasteiger partial charge in [0.15, 0.2) is 24.4 Å². The Balaban J connectivity index is 0.00000180. The van der Waals surface area contributed by atoms with Crippen LogP contribution in [0.2, 0.25) is 0 Å².